The highest BCUT2D eigenvalue weighted by molar-refractivity contribution is 5.47. The van der Waals surface area contributed by atoms with Gasteiger partial charge in [0.25, 0.3) is 0 Å². The van der Waals surface area contributed by atoms with E-state index in [2.05, 4.69) is 13.0 Å². The second kappa shape index (κ2) is 4.71. The molecule has 0 saturated carbocycles. The lowest BCUT2D eigenvalue weighted by atomic mass is 9.69. The largest absolute Gasteiger partial charge is 0.318 e. The van der Waals surface area contributed by atoms with Gasteiger partial charge in [-0.3, -0.25) is 0 Å². The van der Waals surface area contributed by atoms with Gasteiger partial charge in [0.05, 0.1) is 5.54 Å². The molecule has 2 unspecified atom stereocenters. The monoisotopic (exact) mass is 269 g/mol. The molecule has 0 aromatic heterocycles. The third-order valence-electron chi connectivity index (χ3n) is 4.55. The molecule has 0 saturated heterocycles. The average Bonchev–Trinajstić information content (AvgIpc) is 2.46. The van der Waals surface area contributed by atoms with E-state index in [1.807, 2.05) is 31.2 Å². The van der Waals surface area contributed by atoms with E-state index in [1.165, 1.54) is 11.6 Å². The molecule has 0 fully saturated rings. The second-order valence-corrected chi connectivity index (χ2v) is 5.98. The standard InChI is InChI=1S/C18H20FN/c1-12-7-8-17(19)16(11-12)18(20)10-9-13(2)14-5-3-4-6-15(14)18/h3-8,11,13H,9-10,20H2,1-2H3. The van der Waals surface area contributed by atoms with Crippen LogP contribution in [0.3, 0.4) is 0 Å². The zero-order valence-corrected chi connectivity index (χ0v) is 12.0. The van der Waals surface area contributed by atoms with Crippen molar-refractivity contribution in [3.05, 3.63) is 70.5 Å². The van der Waals surface area contributed by atoms with Gasteiger partial charge in [0.15, 0.2) is 0 Å². The SMILES string of the molecule is Cc1ccc(F)c(C2(N)CCC(C)c3ccccc32)c1. The van der Waals surface area contributed by atoms with Crippen LogP contribution in [0.25, 0.3) is 0 Å². The van der Waals surface area contributed by atoms with Crippen molar-refractivity contribution in [2.24, 2.45) is 5.73 Å². The molecular formula is C18H20FN. The molecule has 3 rings (SSSR count). The van der Waals surface area contributed by atoms with Gasteiger partial charge in [-0.25, -0.2) is 4.39 Å². The maximum Gasteiger partial charge on any atom is 0.128 e. The Bertz CT molecular complexity index is 650. The molecule has 1 aliphatic carbocycles. The van der Waals surface area contributed by atoms with Crippen LogP contribution in [0.5, 0.6) is 0 Å². The van der Waals surface area contributed by atoms with Gasteiger partial charge in [-0.05, 0) is 42.9 Å². The highest BCUT2D eigenvalue weighted by atomic mass is 19.1. The van der Waals surface area contributed by atoms with Crippen LogP contribution in [0, 0.1) is 12.7 Å². The van der Waals surface area contributed by atoms with Crippen LogP contribution in [0.15, 0.2) is 42.5 Å². The summed E-state index contributed by atoms with van der Waals surface area (Å²) >= 11 is 0. The average molecular weight is 269 g/mol. The highest BCUT2D eigenvalue weighted by Gasteiger charge is 2.38. The third-order valence-corrected chi connectivity index (χ3v) is 4.55. The minimum Gasteiger partial charge on any atom is -0.318 e. The van der Waals surface area contributed by atoms with Crippen molar-refractivity contribution in [2.45, 2.75) is 38.1 Å². The Morgan fingerprint density at radius 1 is 1.15 bits per heavy atom. The summed E-state index contributed by atoms with van der Waals surface area (Å²) in [5, 5.41) is 0. The van der Waals surface area contributed by atoms with Crippen molar-refractivity contribution in [1.29, 1.82) is 0 Å². The van der Waals surface area contributed by atoms with Gasteiger partial charge in [-0.2, -0.15) is 0 Å². The zero-order valence-electron chi connectivity index (χ0n) is 12.0. The number of nitrogens with two attached hydrogens (primary N) is 1. The maximum absolute atomic E-state index is 14.3. The van der Waals surface area contributed by atoms with Gasteiger partial charge in [0, 0.05) is 5.56 Å². The molecule has 104 valence electrons. The van der Waals surface area contributed by atoms with Crippen molar-refractivity contribution >= 4 is 0 Å². The number of benzene rings is 2. The predicted molar refractivity (Wildman–Crippen MR) is 80.2 cm³/mol. The smallest absolute Gasteiger partial charge is 0.128 e. The summed E-state index contributed by atoms with van der Waals surface area (Å²) in [7, 11) is 0. The van der Waals surface area contributed by atoms with Crippen molar-refractivity contribution in [1.82, 2.24) is 0 Å². The van der Waals surface area contributed by atoms with E-state index in [-0.39, 0.29) is 5.82 Å². The number of hydrogen-bond donors (Lipinski definition) is 1. The summed E-state index contributed by atoms with van der Waals surface area (Å²) in [4.78, 5) is 0. The van der Waals surface area contributed by atoms with Gasteiger partial charge < -0.3 is 5.73 Å². The molecule has 20 heavy (non-hydrogen) atoms. The minimum absolute atomic E-state index is 0.206. The lowest BCUT2D eigenvalue weighted by Gasteiger charge is -2.39. The number of hydrogen-bond acceptors (Lipinski definition) is 1. The first-order valence-corrected chi connectivity index (χ1v) is 7.17. The van der Waals surface area contributed by atoms with Crippen LogP contribution in [0.4, 0.5) is 4.39 Å². The lowest BCUT2D eigenvalue weighted by molar-refractivity contribution is 0.396. The molecule has 0 heterocycles. The normalized spacial score (nSPS) is 25.3. The molecule has 0 amide bonds. The highest BCUT2D eigenvalue weighted by Crippen LogP contribution is 2.44. The molecule has 1 nitrogen and oxygen atoms in total. The molecular weight excluding hydrogens is 249 g/mol. The number of rotatable bonds is 1. The second-order valence-electron chi connectivity index (χ2n) is 5.98. The molecule has 2 atom stereocenters. The summed E-state index contributed by atoms with van der Waals surface area (Å²) in [6.45, 7) is 4.19. The molecule has 0 bridgehead atoms. The molecule has 0 spiro atoms. The van der Waals surface area contributed by atoms with E-state index >= 15 is 0 Å². The molecule has 2 aromatic rings. The zero-order chi connectivity index (χ0) is 14.3. The fourth-order valence-electron chi connectivity index (χ4n) is 3.33. The first-order valence-electron chi connectivity index (χ1n) is 7.17. The van der Waals surface area contributed by atoms with Gasteiger partial charge in [0.1, 0.15) is 5.82 Å². The van der Waals surface area contributed by atoms with Crippen LogP contribution in [0.1, 0.15) is 47.9 Å². The van der Waals surface area contributed by atoms with Crippen LogP contribution in [-0.4, -0.2) is 0 Å². The summed E-state index contributed by atoms with van der Waals surface area (Å²) in [6.07, 6.45) is 1.77. The Morgan fingerprint density at radius 2 is 1.90 bits per heavy atom. The summed E-state index contributed by atoms with van der Waals surface area (Å²) in [5.74, 6) is 0.276. The van der Waals surface area contributed by atoms with Crippen molar-refractivity contribution < 1.29 is 4.39 Å². The van der Waals surface area contributed by atoms with E-state index < -0.39 is 5.54 Å². The fourth-order valence-corrected chi connectivity index (χ4v) is 3.33. The lowest BCUT2D eigenvalue weighted by Crippen LogP contribution is -2.42. The van der Waals surface area contributed by atoms with Crippen LogP contribution >= 0.6 is 0 Å². The Labute approximate surface area is 119 Å². The molecule has 2 aromatic carbocycles. The molecule has 2 N–H and O–H groups in total. The number of aryl methyl sites for hydroxylation is 1. The van der Waals surface area contributed by atoms with Crippen molar-refractivity contribution in [2.75, 3.05) is 0 Å². The maximum atomic E-state index is 14.3. The number of fused-ring (bicyclic) bond motifs is 1. The third kappa shape index (κ3) is 1.95. The van der Waals surface area contributed by atoms with Gasteiger partial charge in [0.2, 0.25) is 0 Å². The topological polar surface area (TPSA) is 26.0 Å². The first kappa shape index (κ1) is 13.3. The molecule has 0 radical (unpaired) electrons. The van der Waals surface area contributed by atoms with Gasteiger partial charge in [-0.15, -0.1) is 0 Å². The van der Waals surface area contributed by atoms with E-state index in [1.54, 1.807) is 6.07 Å². The van der Waals surface area contributed by atoms with Crippen LogP contribution in [-0.2, 0) is 5.54 Å². The summed E-state index contributed by atoms with van der Waals surface area (Å²) in [5.41, 5.74) is 9.97. The Balaban J connectivity index is 2.22. The predicted octanol–water partition coefficient (Wildman–Crippen LogP) is 4.23. The van der Waals surface area contributed by atoms with Crippen molar-refractivity contribution in [3.8, 4) is 0 Å². The van der Waals surface area contributed by atoms with E-state index in [9.17, 15) is 4.39 Å². The molecule has 1 aliphatic rings. The van der Waals surface area contributed by atoms with Crippen LogP contribution in [0.2, 0.25) is 0 Å². The fraction of sp³-hybridized carbons (Fsp3) is 0.333. The Kier molecular flexibility index (Phi) is 3.14. The molecule has 2 heteroatoms. The van der Waals surface area contributed by atoms with Gasteiger partial charge in [-0.1, -0.05) is 48.9 Å². The van der Waals surface area contributed by atoms with Crippen LogP contribution < -0.4 is 5.73 Å². The van der Waals surface area contributed by atoms with Crippen molar-refractivity contribution in [3.63, 3.8) is 0 Å². The summed E-state index contributed by atoms with van der Waals surface area (Å²) < 4.78 is 14.3. The van der Waals surface area contributed by atoms with E-state index in [0.29, 0.717) is 11.5 Å². The van der Waals surface area contributed by atoms with E-state index in [0.717, 1.165) is 24.0 Å². The quantitative estimate of drug-likeness (QED) is 0.823. The first-order chi connectivity index (χ1) is 9.52. The van der Waals surface area contributed by atoms with Gasteiger partial charge >= 0.3 is 0 Å². The summed E-state index contributed by atoms with van der Waals surface area (Å²) in [6, 6.07) is 13.4. The minimum atomic E-state index is -0.709. The Hall–Kier alpha value is -1.67. The molecule has 0 aliphatic heterocycles. The van der Waals surface area contributed by atoms with E-state index in [4.69, 9.17) is 5.73 Å². The Morgan fingerprint density at radius 3 is 2.70 bits per heavy atom. The number of halogens is 1.